The van der Waals surface area contributed by atoms with Crippen LogP contribution in [-0.4, -0.2) is 28.8 Å². The number of rotatable bonds is 6. The summed E-state index contributed by atoms with van der Waals surface area (Å²) >= 11 is 0. The third-order valence-corrected chi connectivity index (χ3v) is 3.54. The number of anilines is 1. The zero-order valence-corrected chi connectivity index (χ0v) is 11.1. The molecule has 1 amide bonds. The monoisotopic (exact) mass is 250 g/mol. The second-order valence-corrected chi connectivity index (χ2v) is 5.18. The number of nitrogens with one attached hydrogen (secondary N) is 2. The average molecular weight is 250 g/mol. The zero-order chi connectivity index (χ0) is 13.0. The van der Waals surface area contributed by atoms with Crippen molar-refractivity contribution in [1.82, 2.24) is 15.1 Å². The van der Waals surface area contributed by atoms with Gasteiger partial charge in [0.25, 0.3) is 0 Å². The van der Waals surface area contributed by atoms with E-state index in [9.17, 15) is 4.79 Å². The average Bonchev–Trinajstić information content (AvgIpc) is 2.71. The lowest BCUT2D eigenvalue weighted by Gasteiger charge is -2.28. The standard InChI is InChI=1S/C13H22N4O/c1-10(6-11-4-3-5-11)16-12-7-15-17(8-12)9-13(18)14-2/h7-8,10-11,16H,3-6,9H2,1-2H3,(H,14,18). The van der Waals surface area contributed by atoms with Crippen LogP contribution in [0, 0.1) is 5.92 Å². The van der Waals surface area contributed by atoms with Gasteiger partial charge in [0.15, 0.2) is 0 Å². The zero-order valence-electron chi connectivity index (χ0n) is 11.1. The first kappa shape index (κ1) is 12.9. The number of likely N-dealkylation sites (N-methyl/N-ethyl adjacent to an activating group) is 1. The van der Waals surface area contributed by atoms with E-state index >= 15 is 0 Å². The van der Waals surface area contributed by atoms with Gasteiger partial charge in [0.1, 0.15) is 6.54 Å². The minimum Gasteiger partial charge on any atom is -0.380 e. The fourth-order valence-electron chi connectivity index (χ4n) is 2.32. The summed E-state index contributed by atoms with van der Waals surface area (Å²) in [5.74, 6) is 0.862. The number of hydrogen-bond acceptors (Lipinski definition) is 3. The van der Waals surface area contributed by atoms with Crippen molar-refractivity contribution in [2.24, 2.45) is 5.92 Å². The van der Waals surface area contributed by atoms with Crippen LogP contribution in [0.15, 0.2) is 12.4 Å². The van der Waals surface area contributed by atoms with E-state index in [0.29, 0.717) is 6.04 Å². The Hall–Kier alpha value is -1.52. The predicted molar refractivity (Wildman–Crippen MR) is 71.3 cm³/mol. The minimum absolute atomic E-state index is 0.0350. The molecule has 1 aromatic rings. The van der Waals surface area contributed by atoms with Gasteiger partial charge in [-0.3, -0.25) is 9.48 Å². The molecule has 5 heteroatoms. The molecule has 5 nitrogen and oxygen atoms in total. The Kier molecular flexibility index (Phi) is 4.23. The molecule has 1 atom stereocenters. The summed E-state index contributed by atoms with van der Waals surface area (Å²) in [4.78, 5) is 11.2. The fraction of sp³-hybridized carbons (Fsp3) is 0.692. The van der Waals surface area contributed by atoms with E-state index in [2.05, 4.69) is 22.7 Å². The highest BCUT2D eigenvalue weighted by atomic mass is 16.1. The number of amides is 1. The fourth-order valence-corrected chi connectivity index (χ4v) is 2.32. The minimum atomic E-state index is -0.0350. The highest BCUT2D eigenvalue weighted by Crippen LogP contribution is 2.30. The Bertz CT molecular complexity index is 397. The van der Waals surface area contributed by atoms with Crippen molar-refractivity contribution in [3.05, 3.63) is 12.4 Å². The first-order valence-electron chi connectivity index (χ1n) is 6.67. The molecule has 0 aromatic carbocycles. The second-order valence-electron chi connectivity index (χ2n) is 5.18. The Labute approximate surface area is 108 Å². The molecule has 0 saturated heterocycles. The van der Waals surface area contributed by atoms with Gasteiger partial charge in [0.05, 0.1) is 11.9 Å². The topological polar surface area (TPSA) is 59.0 Å². The highest BCUT2D eigenvalue weighted by molar-refractivity contribution is 5.75. The van der Waals surface area contributed by atoms with E-state index in [0.717, 1.165) is 11.6 Å². The van der Waals surface area contributed by atoms with Crippen LogP contribution in [-0.2, 0) is 11.3 Å². The number of aromatic nitrogens is 2. The van der Waals surface area contributed by atoms with Crippen molar-refractivity contribution in [3.63, 3.8) is 0 Å². The van der Waals surface area contributed by atoms with Gasteiger partial charge in [0, 0.05) is 19.3 Å². The third-order valence-electron chi connectivity index (χ3n) is 3.54. The molecule has 18 heavy (non-hydrogen) atoms. The summed E-state index contributed by atoms with van der Waals surface area (Å²) in [6.45, 7) is 2.48. The summed E-state index contributed by atoms with van der Waals surface area (Å²) in [6.07, 6.45) is 9.03. The van der Waals surface area contributed by atoms with Crippen LogP contribution >= 0.6 is 0 Å². The summed E-state index contributed by atoms with van der Waals surface area (Å²) in [6, 6.07) is 0.466. The van der Waals surface area contributed by atoms with Gasteiger partial charge in [-0.25, -0.2) is 0 Å². The van der Waals surface area contributed by atoms with Crippen molar-refractivity contribution in [3.8, 4) is 0 Å². The van der Waals surface area contributed by atoms with E-state index < -0.39 is 0 Å². The van der Waals surface area contributed by atoms with Gasteiger partial charge in [0.2, 0.25) is 5.91 Å². The summed E-state index contributed by atoms with van der Waals surface area (Å²) in [5, 5.41) is 10.2. The Morgan fingerprint density at radius 2 is 2.39 bits per heavy atom. The van der Waals surface area contributed by atoms with Crippen LogP contribution in [0.2, 0.25) is 0 Å². The van der Waals surface area contributed by atoms with Crippen LogP contribution in [0.5, 0.6) is 0 Å². The van der Waals surface area contributed by atoms with Gasteiger partial charge in [-0.05, 0) is 19.3 Å². The summed E-state index contributed by atoms with van der Waals surface area (Å²) < 4.78 is 1.65. The highest BCUT2D eigenvalue weighted by Gasteiger charge is 2.19. The summed E-state index contributed by atoms with van der Waals surface area (Å²) in [7, 11) is 1.63. The molecule has 100 valence electrons. The lowest BCUT2D eigenvalue weighted by atomic mass is 9.81. The molecular weight excluding hydrogens is 228 g/mol. The lowest BCUT2D eigenvalue weighted by Crippen LogP contribution is -2.24. The molecule has 1 aliphatic carbocycles. The molecule has 0 spiro atoms. The van der Waals surface area contributed by atoms with E-state index in [1.807, 2.05) is 6.20 Å². The normalized spacial score (nSPS) is 17.0. The van der Waals surface area contributed by atoms with E-state index in [4.69, 9.17) is 0 Å². The predicted octanol–water partition coefficient (Wildman–Crippen LogP) is 1.62. The number of nitrogens with zero attached hydrogens (tertiary/aromatic N) is 2. The van der Waals surface area contributed by atoms with Crippen LogP contribution in [0.1, 0.15) is 32.6 Å². The number of hydrogen-bond donors (Lipinski definition) is 2. The van der Waals surface area contributed by atoms with Gasteiger partial charge in [-0.15, -0.1) is 0 Å². The maximum absolute atomic E-state index is 11.2. The van der Waals surface area contributed by atoms with Gasteiger partial charge in [-0.2, -0.15) is 5.10 Å². The number of carbonyl (C=O) groups is 1. The molecule has 1 aromatic heterocycles. The molecule has 1 unspecified atom stereocenters. The molecule has 1 heterocycles. The molecule has 0 aliphatic heterocycles. The smallest absolute Gasteiger partial charge is 0.241 e. The van der Waals surface area contributed by atoms with E-state index in [1.165, 1.54) is 25.7 Å². The van der Waals surface area contributed by atoms with Crippen LogP contribution in [0.4, 0.5) is 5.69 Å². The van der Waals surface area contributed by atoms with Crippen molar-refractivity contribution in [2.45, 2.75) is 45.2 Å². The van der Waals surface area contributed by atoms with Crippen molar-refractivity contribution < 1.29 is 4.79 Å². The lowest BCUT2D eigenvalue weighted by molar-refractivity contribution is -0.121. The van der Waals surface area contributed by atoms with E-state index in [1.54, 1.807) is 17.9 Å². The Morgan fingerprint density at radius 3 is 3.00 bits per heavy atom. The van der Waals surface area contributed by atoms with Crippen molar-refractivity contribution in [1.29, 1.82) is 0 Å². The first-order valence-corrected chi connectivity index (χ1v) is 6.67. The number of carbonyl (C=O) groups excluding carboxylic acids is 1. The van der Waals surface area contributed by atoms with Crippen molar-refractivity contribution >= 4 is 11.6 Å². The van der Waals surface area contributed by atoms with Gasteiger partial charge in [-0.1, -0.05) is 19.3 Å². The molecule has 2 rings (SSSR count). The molecule has 1 aliphatic rings. The van der Waals surface area contributed by atoms with Gasteiger partial charge < -0.3 is 10.6 Å². The van der Waals surface area contributed by atoms with Crippen molar-refractivity contribution in [2.75, 3.05) is 12.4 Å². The molecule has 2 N–H and O–H groups in total. The molecular formula is C13H22N4O. The van der Waals surface area contributed by atoms with Crippen LogP contribution in [0.3, 0.4) is 0 Å². The second kappa shape index (κ2) is 5.89. The molecule has 0 radical (unpaired) electrons. The molecule has 1 saturated carbocycles. The maximum Gasteiger partial charge on any atom is 0.241 e. The Morgan fingerprint density at radius 1 is 1.61 bits per heavy atom. The van der Waals surface area contributed by atoms with Gasteiger partial charge >= 0.3 is 0 Å². The van der Waals surface area contributed by atoms with Crippen LogP contribution < -0.4 is 10.6 Å². The summed E-state index contributed by atoms with van der Waals surface area (Å²) in [5.41, 5.74) is 0.991. The molecule has 1 fully saturated rings. The largest absolute Gasteiger partial charge is 0.380 e. The molecule has 0 bridgehead atoms. The maximum atomic E-state index is 11.2. The van der Waals surface area contributed by atoms with E-state index in [-0.39, 0.29) is 12.5 Å². The third kappa shape index (κ3) is 3.48. The SMILES string of the molecule is CNC(=O)Cn1cc(NC(C)CC2CCC2)cn1. The van der Waals surface area contributed by atoms with Crippen LogP contribution in [0.25, 0.3) is 0 Å². The first-order chi connectivity index (χ1) is 8.67. The quantitative estimate of drug-likeness (QED) is 0.806. The Balaban J connectivity index is 1.79.